The molecule has 4 heterocycles. The summed E-state index contributed by atoms with van der Waals surface area (Å²) in [5.41, 5.74) is 2.09. The number of aliphatic hydroxyl groups is 1. The Morgan fingerprint density at radius 3 is 1.69 bits per heavy atom. The number of nitrogens with one attached hydrogen (secondary N) is 2. The molecule has 0 radical (unpaired) electrons. The van der Waals surface area contributed by atoms with E-state index in [1.165, 1.54) is 31.2 Å². The first-order valence-corrected chi connectivity index (χ1v) is 17.2. The van der Waals surface area contributed by atoms with E-state index >= 15 is 0 Å². The highest BCUT2D eigenvalue weighted by atomic mass is 19.1. The monoisotopic (exact) mass is 710 g/mol. The molecule has 6 rings (SSSR count). The predicted octanol–water partition coefficient (Wildman–Crippen LogP) is 7.01. The summed E-state index contributed by atoms with van der Waals surface area (Å²) < 4.78 is 43.2. The summed E-state index contributed by atoms with van der Waals surface area (Å²) in [6, 6.07) is 8.44. The van der Waals surface area contributed by atoms with Crippen LogP contribution in [0.4, 0.5) is 18.4 Å². The van der Waals surface area contributed by atoms with Gasteiger partial charge in [0, 0.05) is 60.6 Å². The number of carbonyl (C=O) groups excluding carboxylic acids is 3. The summed E-state index contributed by atoms with van der Waals surface area (Å²) in [6.07, 6.45) is 3.84. The zero-order chi connectivity index (χ0) is 37.2. The third kappa shape index (κ3) is 9.37. The predicted molar refractivity (Wildman–Crippen MR) is 188 cm³/mol. The molecule has 13 heteroatoms. The van der Waals surface area contributed by atoms with Crippen molar-refractivity contribution < 1.29 is 42.5 Å². The molecule has 2 saturated heterocycles. The summed E-state index contributed by atoms with van der Waals surface area (Å²) in [6.45, 7) is 13.2. The number of aromatic amines is 2. The van der Waals surface area contributed by atoms with Crippen LogP contribution in [0.3, 0.4) is 0 Å². The molecule has 51 heavy (non-hydrogen) atoms. The van der Waals surface area contributed by atoms with Crippen molar-refractivity contribution in [2.45, 2.75) is 110 Å². The fourth-order valence-electron chi connectivity index (χ4n) is 6.70. The number of hydrogen-bond donors (Lipinski definition) is 3. The van der Waals surface area contributed by atoms with E-state index in [2.05, 4.69) is 9.97 Å². The molecule has 0 unspecified atom stereocenters. The minimum atomic E-state index is -0.612. The second-order valence-corrected chi connectivity index (χ2v) is 15.2. The Morgan fingerprint density at radius 1 is 0.765 bits per heavy atom. The first kappa shape index (κ1) is 37.6. The molecule has 2 aliphatic rings. The van der Waals surface area contributed by atoms with Gasteiger partial charge in [-0.05, 0) is 108 Å². The molecule has 2 fully saturated rings. The van der Waals surface area contributed by atoms with Gasteiger partial charge in [0.05, 0.1) is 18.2 Å². The van der Waals surface area contributed by atoms with E-state index < -0.39 is 35.6 Å². The van der Waals surface area contributed by atoms with E-state index in [0.29, 0.717) is 49.8 Å². The van der Waals surface area contributed by atoms with Crippen molar-refractivity contribution in [3.63, 3.8) is 0 Å². The maximum Gasteiger partial charge on any atom is 0.410 e. The van der Waals surface area contributed by atoms with Crippen molar-refractivity contribution in [3.8, 4) is 0 Å². The zero-order valence-corrected chi connectivity index (χ0v) is 30.2. The molecule has 0 aliphatic carbocycles. The Kier molecular flexibility index (Phi) is 11.0. The molecule has 0 bridgehead atoms. The highest BCUT2D eigenvalue weighted by Crippen LogP contribution is 2.30. The van der Waals surface area contributed by atoms with E-state index in [-0.39, 0.29) is 29.7 Å². The number of H-pyrrole nitrogens is 2. The fraction of sp³-hybridized carbons (Fsp3) is 0.500. The van der Waals surface area contributed by atoms with Gasteiger partial charge in [0.25, 0.3) is 0 Å². The second-order valence-electron chi connectivity index (χ2n) is 15.2. The quantitative estimate of drug-likeness (QED) is 0.150. The molecular weight excluding hydrogens is 662 g/mol. The van der Waals surface area contributed by atoms with Gasteiger partial charge >= 0.3 is 18.2 Å². The number of halogens is 2. The highest BCUT2D eigenvalue weighted by molar-refractivity contribution is 5.84. The van der Waals surface area contributed by atoms with Gasteiger partial charge in [0.15, 0.2) is 0 Å². The van der Waals surface area contributed by atoms with Crippen LogP contribution in [0.2, 0.25) is 0 Å². The van der Waals surface area contributed by atoms with Crippen molar-refractivity contribution >= 4 is 40.0 Å². The van der Waals surface area contributed by atoms with Crippen LogP contribution in [0.5, 0.6) is 0 Å². The smallest absolute Gasteiger partial charge is 0.410 e. The van der Waals surface area contributed by atoms with E-state index in [9.17, 15) is 28.3 Å². The van der Waals surface area contributed by atoms with Gasteiger partial charge in [-0.15, -0.1) is 0 Å². The van der Waals surface area contributed by atoms with Gasteiger partial charge < -0.3 is 39.1 Å². The third-order valence-electron chi connectivity index (χ3n) is 8.88. The summed E-state index contributed by atoms with van der Waals surface area (Å²) >= 11 is 0. The molecule has 0 saturated carbocycles. The summed E-state index contributed by atoms with van der Waals surface area (Å²) in [5, 5.41) is 12.1. The van der Waals surface area contributed by atoms with Crippen molar-refractivity contribution in [1.29, 1.82) is 0 Å². The van der Waals surface area contributed by atoms with Crippen LogP contribution in [-0.4, -0.2) is 91.6 Å². The minimum Gasteiger partial charge on any atom is -0.460 e. The topological polar surface area (TPSA) is 137 Å². The van der Waals surface area contributed by atoms with E-state index in [4.69, 9.17) is 14.2 Å². The van der Waals surface area contributed by atoms with Crippen LogP contribution in [-0.2, 0) is 31.8 Å². The molecule has 276 valence electrons. The molecule has 0 spiro atoms. The maximum absolute atomic E-state index is 13.4. The second kappa shape index (κ2) is 14.9. The number of nitrogens with zero attached hydrogens (tertiary/aromatic N) is 2. The zero-order valence-electron chi connectivity index (χ0n) is 30.2. The Bertz CT molecular complexity index is 1880. The number of rotatable bonds is 5. The van der Waals surface area contributed by atoms with Crippen LogP contribution >= 0.6 is 0 Å². The molecule has 2 amide bonds. The lowest BCUT2D eigenvalue weighted by Gasteiger charge is -2.30. The average Bonchev–Trinajstić information content (AvgIpc) is 3.79. The van der Waals surface area contributed by atoms with Crippen molar-refractivity contribution in [1.82, 2.24) is 19.8 Å². The highest BCUT2D eigenvalue weighted by Gasteiger charge is 2.41. The summed E-state index contributed by atoms with van der Waals surface area (Å²) in [5.74, 6) is -0.992. The van der Waals surface area contributed by atoms with E-state index in [0.717, 1.165) is 21.9 Å². The summed E-state index contributed by atoms with van der Waals surface area (Å²) in [7, 11) is 0. The SMILES string of the molecule is CC(=O)O[C@H]1CCN(C(=O)OC(C)(C)C)[C@@H]1Cc1c[nH]c2cc(F)ccc12.CC(C)(C)OC(=O)N1CC[C@H](O)[C@H]1Cc1c[nH]c2cc(F)ccc12. The van der Waals surface area contributed by atoms with Gasteiger partial charge in [-0.25, -0.2) is 18.4 Å². The molecule has 3 N–H and O–H groups in total. The number of amides is 2. The van der Waals surface area contributed by atoms with Crippen molar-refractivity contribution in [2.75, 3.05) is 13.1 Å². The van der Waals surface area contributed by atoms with E-state index in [1.54, 1.807) is 28.1 Å². The molecule has 4 atom stereocenters. The maximum atomic E-state index is 13.4. The van der Waals surface area contributed by atoms with Gasteiger partial charge in [-0.2, -0.15) is 0 Å². The number of ether oxygens (including phenoxy) is 3. The Hall–Kier alpha value is -4.65. The molecular formula is C38H48F2N4O7. The van der Waals surface area contributed by atoms with Gasteiger partial charge in [-0.3, -0.25) is 4.79 Å². The van der Waals surface area contributed by atoms with E-state index in [1.807, 2.05) is 47.7 Å². The summed E-state index contributed by atoms with van der Waals surface area (Å²) in [4.78, 5) is 45.9. The van der Waals surface area contributed by atoms with Crippen molar-refractivity contribution in [2.24, 2.45) is 0 Å². The third-order valence-corrected chi connectivity index (χ3v) is 8.88. The van der Waals surface area contributed by atoms with Crippen LogP contribution in [0, 0.1) is 11.6 Å². The van der Waals surface area contributed by atoms with Crippen LogP contribution in [0.1, 0.15) is 72.4 Å². The standard InChI is InChI=1S/C20H25FN2O4.C18H23FN2O3/c1-12(24)26-18-7-8-23(19(25)27-20(2,3)4)17(18)9-13-11-22-16-10-14(21)5-6-15(13)16;1-18(2,3)24-17(23)21-7-6-16(22)15(21)8-11-10-20-14-9-12(19)4-5-13(11)14/h5-6,10-11,17-18,22H,7-9H2,1-4H3;4-5,9-10,15-16,20,22H,6-8H2,1-3H3/t17-,18+;15-,16+/m11/s1. The van der Waals surface area contributed by atoms with Gasteiger partial charge in [0.2, 0.25) is 0 Å². The number of fused-ring (bicyclic) bond motifs is 2. The fourth-order valence-corrected chi connectivity index (χ4v) is 6.70. The number of likely N-dealkylation sites (tertiary alicyclic amines) is 2. The number of hydrogen-bond acceptors (Lipinski definition) is 7. The number of aliphatic hydroxyl groups excluding tert-OH is 1. The number of esters is 1. The van der Waals surface area contributed by atoms with Crippen molar-refractivity contribution in [3.05, 3.63) is 71.6 Å². The lowest BCUT2D eigenvalue weighted by atomic mass is 10.0. The Morgan fingerprint density at radius 2 is 1.22 bits per heavy atom. The number of carbonyl (C=O) groups is 3. The average molecular weight is 711 g/mol. The van der Waals surface area contributed by atoms with Crippen LogP contribution in [0.25, 0.3) is 21.8 Å². The van der Waals surface area contributed by atoms with Gasteiger partial charge in [-0.1, -0.05) is 0 Å². The normalized spacial score (nSPS) is 20.7. The lowest BCUT2D eigenvalue weighted by molar-refractivity contribution is -0.147. The van der Waals surface area contributed by atoms with Crippen LogP contribution < -0.4 is 0 Å². The Balaban J connectivity index is 0.000000199. The molecule has 2 aromatic heterocycles. The molecule has 4 aromatic rings. The lowest BCUT2D eigenvalue weighted by Crippen LogP contribution is -2.44. The van der Waals surface area contributed by atoms with Crippen LogP contribution in [0.15, 0.2) is 48.8 Å². The Labute approximate surface area is 296 Å². The first-order valence-electron chi connectivity index (χ1n) is 17.2. The first-order chi connectivity index (χ1) is 23.9. The van der Waals surface area contributed by atoms with Gasteiger partial charge in [0.1, 0.15) is 28.9 Å². The minimum absolute atomic E-state index is 0.299. The number of aromatic nitrogens is 2. The molecule has 2 aromatic carbocycles. The molecule has 2 aliphatic heterocycles. The largest absolute Gasteiger partial charge is 0.460 e. The number of benzene rings is 2. The molecule has 11 nitrogen and oxygen atoms in total.